The molecule has 0 saturated carbocycles. The van der Waals surface area contributed by atoms with Gasteiger partial charge in [0, 0.05) is 13.0 Å². The lowest BCUT2D eigenvalue weighted by atomic mass is 9.90. The summed E-state index contributed by atoms with van der Waals surface area (Å²) in [5.74, 6) is 1.07. The lowest BCUT2D eigenvalue weighted by Crippen LogP contribution is -2.30. The molecule has 1 amide bonds. The Bertz CT molecular complexity index is 1020. The summed E-state index contributed by atoms with van der Waals surface area (Å²) in [5, 5.41) is 9.15. The van der Waals surface area contributed by atoms with Gasteiger partial charge in [-0.1, -0.05) is 78.3 Å². The van der Waals surface area contributed by atoms with E-state index >= 15 is 0 Å². The Morgan fingerprint density at radius 2 is 1.61 bits per heavy atom. The molecule has 158 valence electrons. The van der Waals surface area contributed by atoms with Crippen LogP contribution in [0.25, 0.3) is 10.7 Å². The van der Waals surface area contributed by atoms with E-state index in [4.69, 9.17) is 4.52 Å². The molecule has 0 atom stereocenters. The summed E-state index contributed by atoms with van der Waals surface area (Å²) in [6.45, 7) is 0.652. The summed E-state index contributed by atoms with van der Waals surface area (Å²) in [6, 6.07) is 23.8. The van der Waals surface area contributed by atoms with E-state index in [-0.39, 0.29) is 11.8 Å². The molecule has 0 saturated heterocycles. The number of aryl methyl sites for hydroxylation is 1. The maximum Gasteiger partial charge on any atom is 0.232 e. The summed E-state index contributed by atoms with van der Waals surface area (Å²) in [4.78, 5) is 18.4. The number of unbranched alkanes of at least 4 members (excludes halogenated alkanes) is 2. The third kappa shape index (κ3) is 5.67. The number of thiophene rings is 1. The van der Waals surface area contributed by atoms with Crippen LogP contribution in [0.1, 0.15) is 42.2 Å². The Labute approximate surface area is 186 Å². The second kappa shape index (κ2) is 10.7. The minimum absolute atomic E-state index is 0.0369. The molecule has 4 rings (SSSR count). The molecule has 31 heavy (non-hydrogen) atoms. The maximum atomic E-state index is 13.0. The molecule has 0 aliphatic rings. The zero-order valence-electron chi connectivity index (χ0n) is 17.2. The van der Waals surface area contributed by atoms with E-state index in [0.717, 1.165) is 41.7 Å². The van der Waals surface area contributed by atoms with Crippen LogP contribution in [0.5, 0.6) is 0 Å². The van der Waals surface area contributed by atoms with Crippen molar-refractivity contribution >= 4 is 17.2 Å². The van der Waals surface area contributed by atoms with Crippen molar-refractivity contribution in [3.63, 3.8) is 0 Å². The smallest absolute Gasteiger partial charge is 0.232 e. The fourth-order valence-corrected chi connectivity index (χ4v) is 4.19. The predicted octanol–water partition coefficient (Wildman–Crippen LogP) is 5.46. The minimum Gasteiger partial charge on any atom is -0.355 e. The normalized spacial score (nSPS) is 11.0. The highest BCUT2D eigenvalue weighted by molar-refractivity contribution is 7.13. The molecule has 0 fully saturated rings. The van der Waals surface area contributed by atoms with Gasteiger partial charge in [-0.2, -0.15) is 4.98 Å². The second-order valence-corrected chi connectivity index (χ2v) is 8.29. The van der Waals surface area contributed by atoms with Gasteiger partial charge in [-0.25, -0.2) is 0 Å². The highest BCUT2D eigenvalue weighted by atomic mass is 32.1. The van der Waals surface area contributed by atoms with E-state index in [9.17, 15) is 4.79 Å². The molecule has 0 spiro atoms. The Morgan fingerprint density at radius 1 is 0.903 bits per heavy atom. The van der Waals surface area contributed by atoms with Gasteiger partial charge < -0.3 is 9.84 Å². The van der Waals surface area contributed by atoms with Gasteiger partial charge >= 0.3 is 0 Å². The van der Waals surface area contributed by atoms with Gasteiger partial charge in [0.2, 0.25) is 17.6 Å². The van der Waals surface area contributed by atoms with Crippen LogP contribution in [0.3, 0.4) is 0 Å². The van der Waals surface area contributed by atoms with Gasteiger partial charge in [0.15, 0.2) is 0 Å². The van der Waals surface area contributed by atoms with Crippen molar-refractivity contribution in [2.75, 3.05) is 6.54 Å². The topological polar surface area (TPSA) is 68.0 Å². The Kier molecular flexibility index (Phi) is 7.24. The summed E-state index contributed by atoms with van der Waals surface area (Å²) in [5.41, 5.74) is 2.01. The average Bonchev–Trinajstić information content (AvgIpc) is 3.50. The number of amides is 1. The largest absolute Gasteiger partial charge is 0.355 e. The van der Waals surface area contributed by atoms with Gasteiger partial charge in [0.1, 0.15) is 0 Å². The zero-order valence-corrected chi connectivity index (χ0v) is 18.1. The monoisotopic (exact) mass is 431 g/mol. The molecule has 0 radical (unpaired) electrons. The van der Waals surface area contributed by atoms with Crippen molar-refractivity contribution in [1.29, 1.82) is 0 Å². The van der Waals surface area contributed by atoms with Crippen LogP contribution in [0, 0.1) is 0 Å². The molecule has 4 aromatic rings. The van der Waals surface area contributed by atoms with Crippen molar-refractivity contribution < 1.29 is 9.32 Å². The van der Waals surface area contributed by atoms with E-state index in [0.29, 0.717) is 18.3 Å². The minimum atomic E-state index is -0.295. The molecule has 6 heteroatoms. The molecular formula is C25H25N3O2S. The Morgan fingerprint density at radius 3 is 2.26 bits per heavy atom. The average molecular weight is 432 g/mol. The van der Waals surface area contributed by atoms with Crippen molar-refractivity contribution in [1.82, 2.24) is 15.5 Å². The van der Waals surface area contributed by atoms with Gasteiger partial charge in [0.05, 0.1) is 10.8 Å². The Hall–Kier alpha value is -3.25. The number of nitrogens with one attached hydrogen (secondary N) is 1. The first-order valence-corrected chi connectivity index (χ1v) is 11.4. The van der Waals surface area contributed by atoms with E-state index in [1.54, 1.807) is 11.3 Å². The van der Waals surface area contributed by atoms with Gasteiger partial charge in [-0.15, -0.1) is 11.3 Å². The quantitative estimate of drug-likeness (QED) is 0.339. The molecular weight excluding hydrogens is 406 g/mol. The van der Waals surface area contributed by atoms with Crippen molar-refractivity contribution in [3.05, 3.63) is 95.2 Å². The number of hydrogen-bond donors (Lipinski definition) is 1. The molecule has 0 aliphatic heterocycles. The molecule has 2 heterocycles. The molecule has 0 bridgehead atoms. The lowest BCUT2D eigenvalue weighted by Gasteiger charge is -2.18. The first kappa shape index (κ1) is 21.0. The second-order valence-electron chi connectivity index (χ2n) is 7.35. The fourth-order valence-electron chi connectivity index (χ4n) is 3.54. The number of carbonyl (C=O) groups is 1. The van der Waals surface area contributed by atoms with Gasteiger partial charge in [0.25, 0.3) is 0 Å². The molecule has 0 aliphatic carbocycles. The van der Waals surface area contributed by atoms with Gasteiger partial charge in [-0.05, 0) is 35.4 Å². The van der Waals surface area contributed by atoms with Crippen molar-refractivity contribution in [3.8, 4) is 10.7 Å². The number of carbonyl (C=O) groups excluding carboxylic acids is 1. The summed E-state index contributed by atoms with van der Waals surface area (Å²) < 4.78 is 5.34. The highest BCUT2D eigenvalue weighted by Crippen LogP contribution is 2.25. The summed E-state index contributed by atoms with van der Waals surface area (Å²) in [6.07, 6.45) is 3.60. The number of nitrogens with zero attached hydrogens (tertiary/aromatic N) is 2. The van der Waals surface area contributed by atoms with Crippen LogP contribution in [0.15, 0.2) is 82.7 Å². The SMILES string of the molecule is O=C(NCCCCCc1nc(-c2cccs2)no1)C(c1ccccc1)c1ccccc1. The third-order valence-electron chi connectivity index (χ3n) is 5.10. The van der Waals surface area contributed by atoms with Crippen LogP contribution in [0.4, 0.5) is 0 Å². The Balaban J connectivity index is 1.23. The van der Waals surface area contributed by atoms with Crippen LogP contribution < -0.4 is 5.32 Å². The number of hydrogen-bond acceptors (Lipinski definition) is 5. The molecule has 5 nitrogen and oxygen atoms in total. The van der Waals surface area contributed by atoms with Crippen molar-refractivity contribution in [2.24, 2.45) is 0 Å². The first-order valence-electron chi connectivity index (χ1n) is 10.6. The maximum absolute atomic E-state index is 13.0. The zero-order chi connectivity index (χ0) is 21.3. The van der Waals surface area contributed by atoms with E-state index in [1.165, 1.54) is 0 Å². The lowest BCUT2D eigenvalue weighted by molar-refractivity contribution is -0.121. The van der Waals surface area contributed by atoms with Crippen LogP contribution in [-0.2, 0) is 11.2 Å². The highest BCUT2D eigenvalue weighted by Gasteiger charge is 2.21. The summed E-state index contributed by atoms with van der Waals surface area (Å²) in [7, 11) is 0. The van der Waals surface area contributed by atoms with E-state index in [1.807, 2.05) is 78.2 Å². The van der Waals surface area contributed by atoms with Crippen LogP contribution in [0.2, 0.25) is 0 Å². The number of aromatic nitrogens is 2. The van der Waals surface area contributed by atoms with E-state index in [2.05, 4.69) is 15.5 Å². The van der Waals surface area contributed by atoms with E-state index < -0.39 is 0 Å². The first-order chi connectivity index (χ1) is 15.3. The number of rotatable bonds is 10. The molecule has 1 N–H and O–H groups in total. The third-order valence-corrected chi connectivity index (χ3v) is 5.97. The molecule has 0 unspecified atom stereocenters. The van der Waals surface area contributed by atoms with Crippen molar-refractivity contribution in [2.45, 2.75) is 31.6 Å². The van der Waals surface area contributed by atoms with Crippen LogP contribution >= 0.6 is 11.3 Å². The molecule has 2 aromatic carbocycles. The number of benzene rings is 2. The van der Waals surface area contributed by atoms with Gasteiger partial charge in [-0.3, -0.25) is 4.79 Å². The standard InChI is InChI=1S/C25H25N3O2S/c29-25(23(19-11-4-1-5-12-19)20-13-6-2-7-14-20)26-17-9-3-8-16-22-27-24(28-30-22)21-15-10-18-31-21/h1-2,4-7,10-15,18,23H,3,8-9,16-17H2,(H,26,29). The predicted molar refractivity (Wildman–Crippen MR) is 123 cm³/mol. The van der Waals surface area contributed by atoms with Crippen LogP contribution in [-0.4, -0.2) is 22.6 Å². The summed E-state index contributed by atoms with van der Waals surface area (Å²) >= 11 is 1.60. The fraction of sp³-hybridized carbons (Fsp3) is 0.240. The molecule has 2 aromatic heterocycles.